The number of fused-ring (bicyclic) bond motifs is 1. The van der Waals surface area contributed by atoms with E-state index in [-0.39, 0.29) is 18.4 Å². The molecule has 3 atom stereocenters. The second kappa shape index (κ2) is 8.56. The van der Waals surface area contributed by atoms with Crippen LogP contribution in [0.1, 0.15) is 25.3 Å². The van der Waals surface area contributed by atoms with Gasteiger partial charge in [0.15, 0.2) is 6.61 Å². The highest BCUT2D eigenvalue weighted by atomic mass is 35.5. The zero-order chi connectivity index (χ0) is 20.3. The van der Waals surface area contributed by atoms with Crippen molar-refractivity contribution in [3.8, 4) is 0 Å². The van der Waals surface area contributed by atoms with E-state index >= 15 is 0 Å². The predicted molar refractivity (Wildman–Crippen MR) is 101 cm³/mol. The van der Waals surface area contributed by atoms with Gasteiger partial charge in [-0.1, -0.05) is 35.9 Å². The first-order valence-corrected chi connectivity index (χ1v) is 9.46. The summed E-state index contributed by atoms with van der Waals surface area (Å²) in [6, 6.07) is 5.91. The number of nitrogens with zero attached hydrogens (tertiary/aromatic N) is 1. The highest BCUT2D eigenvalue weighted by molar-refractivity contribution is 6.30. The maximum Gasteiger partial charge on any atom is 0.329 e. The average molecular weight is 405 g/mol. The fourth-order valence-corrected chi connectivity index (χ4v) is 3.55. The van der Waals surface area contributed by atoms with E-state index in [4.69, 9.17) is 16.3 Å². The van der Waals surface area contributed by atoms with Gasteiger partial charge in [-0.2, -0.15) is 0 Å². The Balaban J connectivity index is 1.49. The summed E-state index contributed by atoms with van der Waals surface area (Å²) in [6.45, 7) is 1.22. The van der Waals surface area contributed by atoms with Crippen molar-refractivity contribution in [3.63, 3.8) is 0 Å². The van der Waals surface area contributed by atoms with Gasteiger partial charge in [0, 0.05) is 11.6 Å². The van der Waals surface area contributed by atoms with Gasteiger partial charge in [0.1, 0.15) is 6.04 Å². The van der Waals surface area contributed by atoms with Crippen molar-refractivity contribution < 1.29 is 23.9 Å². The van der Waals surface area contributed by atoms with E-state index in [2.05, 4.69) is 5.32 Å². The van der Waals surface area contributed by atoms with Gasteiger partial charge in [0.05, 0.1) is 11.8 Å². The quantitative estimate of drug-likeness (QED) is 0.443. The van der Waals surface area contributed by atoms with Crippen molar-refractivity contribution in [3.05, 3.63) is 47.0 Å². The third kappa shape index (κ3) is 4.25. The molecule has 0 saturated carbocycles. The molecule has 0 unspecified atom stereocenters. The van der Waals surface area contributed by atoms with Crippen LogP contribution >= 0.6 is 11.6 Å². The second-order valence-corrected chi connectivity index (χ2v) is 7.33. The zero-order valence-corrected chi connectivity index (χ0v) is 16.1. The number of hydrogen-bond acceptors (Lipinski definition) is 5. The molecule has 8 heteroatoms. The van der Waals surface area contributed by atoms with Gasteiger partial charge >= 0.3 is 5.97 Å². The van der Waals surface area contributed by atoms with Crippen LogP contribution in [0.25, 0.3) is 0 Å². The van der Waals surface area contributed by atoms with Crippen LogP contribution in [0, 0.1) is 11.8 Å². The van der Waals surface area contributed by atoms with Gasteiger partial charge in [0.25, 0.3) is 5.91 Å². The topological polar surface area (TPSA) is 92.8 Å². The maximum absolute atomic E-state index is 12.5. The number of carbonyl (C=O) groups excluding carboxylic acids is 4. The van der Waals surface area contributed by atoms with Gasteiger partial charge in [-0.15, -0.1) is 0 Å². The Morgan fingerprint density at radius 3 is 2.29 bits per heavy atom. The first-order valence-electron chi connectivity index (χ1n) is 9.08. The summed E-state index contributed by atoms with van der Waals surface area (Å²) in [6.07, 6.45) is 4.76. The number of amides is 3. The highest BCUT2D eigenvalue weighted by Gasteiger charge is 2.50. The van der Waals surface area contributed by atoms with E-state index in [0.29, 0.717) is 17.9 Å². The molecular weight excluding hydrogens is 384 g/mol. The fraction of sp³-hybridized carbons (Fsp3) is 0.400. The van der Waals surface area contributed by atoms with Crippen molar-refractivity contribution in [2.45, 2.75) is 32.4 Å². The number of benzene rings is 1. The van der Waals surface area contributed by atoms with E-state index in [1.54, 1.807) is 24.3 Å². The molecule has 0 radical (unpaired) electrons. The van der Waals surface area contributed by atoms with Crippen LogP contribution in [0.15, 0.2) is 36.4 Å². The molecular formula is C20H21ClN2O5. The van der Waals surface area contributed by atoms with Crippen LogP contribution in [0.3, 0.4) is 0 Å². The Labute approximate surface area is 167 Å². The number of ether oxygens (including phenoxy) is 1. The molecule has 0 spiro atoms. The Kier molecular flexibility index (Phi) is 6.14. The van der Waals surface area contributed by atoms with Crippen LogP contribution < -0.4 is 5.32 Å². The van der Waals surface area contributed by atoms with Crippen LogP contribution in [0.2, 0.25) is 5.02 Å². The largest absolute Gasteiger partial charge is 0.454 e. The Morgan fingerprint density at radius 1 is 1.14 bits per heavy atom. The second-order valence-electron chi connectivity index (χ2n) is 6.89. The van der Waals surface area contributed by atoms with Crippen molar-refractivity contribution in [1.29, 1.82) is 0 Å². The molecule has 1 aliphatic carbocycles. The summed E-state index contributed by atoms with van der Waals surface area (Å²) in [5.41, 5.74) is 0.849. The highest BCUT2D eigenvalue weighted by Crippen LogP contribution is 2.36. The van der Waals surface area contributed by atoms with Gasteiger partial charge < -0.3 is 10.1 Å². The molecule has 1 heterocycles. The minimum absolute atomic E-state index is 0.266. The molecule has 1 N–H and O–H groups in total. The number of allylic oxidation sites excluding steroid dienone is 2. The number of halogens is 1. The molecule has 28 heavy (non-hydrogen) atoms. The van der Waals surface area contributed by atoms with Crippen LogP contribution in [-0.4, -0.2) is 41.2 Å². The first kappa shape index (κ1) is 20.1. The molecule has 3 rings (SSSR count). The number of hydrogen-bond donors (Lipinski definition) is 1. The van der Waals surface area contributed by atoms with Crippen molar-refractivity contribution in [2.24, 2.45) is 11.8 Å². The lowest BCUT2D eigenvalue weighted by Crippen LogP contribution is -2.45. The maximum atomic E-state index is 12.5. The zero-order valence-electron chi connectivity index (χ0n) is 15.4. The van der Waals surface area contributed by atoms with E-state index in [9.17, 15) is 19.2 Å². The number of esters is 1. The summed E-state index contributed by atoms with van der Waals surface area (Å²) in [4.78, 5) is 50.1. The molecule has 1 fully saturated rings. The molecule has 7 nitrogen and oxygen atoms in total. The number of likely N-dealkylation sites (tertiary alicyclic amines) is 1. The molecule has 1 aromatic rings. The minimum Gasteiger partial charge on any atom is -0.454 e. The Hall–Kier alpha value is -2.67. The molecule has 1 aromatic carbocycles. The number of nitrogens with one attached hydrogen (secondary N) is 1. The number of carbonyl (C=O) groups is 4. The Bertz CT molecular complexity index is 794. The summed E-state index contributed by atoms with van der Waals surface area (Å²) in [5.74, 6) is -2.78. The van der Waals surface area contributed by atoms with Crippen LogP contribution in [-0.2, 0) is 30.5 Å². The lowest BCUT2D eigenvalue weighted by Gasteiger charge is -2.21. The molecule has 1 aliphatic heterocycles. The monoisotopic (exact) mass is 404 g/mol. The molecule has 0 aromatic heterocycles. The van der Waals surface area contributed by atoms with E-state index < -0.39 is 36.4 Å². The third-order valence-corrected chi connectivity index (χ3v) is 5.27. The van der Waals surface area contributed by atoms with Crippen molar-refractivity contribution >= 4 is 35.3 Å². The van der Waals surface area contributed by atoms with E-state index in [1.807, 2.05) is 12.2 Å². The lowest BCUT2D eigenvalue weighted by molar-refractivity contribution is -0.159. The van der Waals surface area contributed by atoms with E-state index in [1.165, 1.54) is 6.92 Å². The molecule has 0 bridgehead atoms. The van der Waals surface area contributed by atoms with Crippen molar-refractivity contribution in [2.75, 3.05) is 6.61 Å². The standard InChI is InChI=1S/C20H21ClN2O5/c1-12(23-18(25)15-4-2-3-5-16(15)19(23)26)20(27)28-11-17(24)22-10-13-6-8-14(21)9-7-13/h2-3,6-9,12,15-16H,4-5,10-11H2,1H3,(H,22,24)/t12-,15-,16+/m0/s1. The van der Waals surface area contributed by atoms with Gasteiger partial charge in [0.2, 0.25) is 11.8 Å². The predicted octanol–water partition coefficient (Wildman–Crippen LogP) is 1.84. The molecule has 3 amide bonds. The third-order valence-electron chi connectivity index (χ3n) is 5.02. The minimum atomic E-state index is -1.06. The SMILES string of the molecule is C[C@@H](C(=O)OCC(=O)NCc1ccc(Cl)cc1)N1C(=O)[C@H]2CC=CC[C@H]2C1=O. The normalized spacial score (nSPS) is 22.0. The average Bonchev–Trinajstić information content (AvgIpc) is 2.96. The summed E-state index contributed by atoms with van der Waals surface area (Å²) >= 11 is 5.80. The van der Waals surface area contributed by atoms with Crippen molar-refractivity contribution in [1.82, 2.24) is 10.2 Å². The van der Waals surface area contributed by atoms with Gasteiger partial charge in [-0.25, -0.2) is 4.79 Å². The summed E-state index contributed by atoms with van der Waals surface area (Å²) in [5, 5.41) is 3.22. The molecule has 148 valence electrons. The smallest absolute Gasteiger partial charge is 0.329 e. The number of rotatable bonds is 6. The lowest BCUT2D eigenvalue weighted by atomic mass is 9.85. The van der Waals surface area contributed by atoms with Gasteiger partial charge in [-0.3, -0.25) is 19.3 Å². The van der Waals surface area contributed by atoms with Crippen LogP contribution in [0.4, 0.5) is 0 Å². The number of imide groups is 1. The fourth-order valence-electron chi connectivity index (χ4n) is 3.42. The summed E-state index contributed by atoms with van der Waals surface area (Å²) in [7, 11) is 0. The Morgan fingerprint density at radius 2 is 1.71 bits per heavy atom. The molecule has 2 aliphatic rings. The van der Waals surface area contributed by atoms with Crippen LogP contribution in [0.5, 0.6) is 0 Å². The van der Waals surface area contributed by atoms with Gasteiger partial charge in [-0.05, 0) is 37.5 Å². The summed E-state index contributed by atoms with van der Waals surface area (Å²) < 4.78 is 5.00. The molecule has 1 saturated heterocycles. The first-order chi connectivity index (χ1) is 13.4. The van der Waals surface area contributed by atoms with E-state index in [0.717, 1.165) is 10.5 Å².